The SMILES string of the molecule is Cc1ccc(C(=O)c2ncc([N+](=O)[O-])s2)o1. The highest BCUT2D eigenvalue weighted by Gasteiger charge is 2.20. The third-order valence-corrected chi connectivity index (χ3v) is 2.78. The number of thiazole rings is 1. The van der Waals surface area contributed by atoms with Crippen molar-refractivity contribution in [2.75, 3.05) is 0 Å². The Morgan fingerprint density at radius 3 is 2.81 bits per heavy atom. The smallest absolute Gasteiger partial charge is 0.344 e. The van der Waals surface area contributed by atoms with Crippen LogP contribution in [0.1, 0.15) is 21.3 Å². The maximum absolute atomic E-state index is 11.7. The topological polar surface area (TPSA) is 86.2 Å². The van der Waals surface area contributed by atoms with Crippen molar-refractivity contribution in [2.45, 2.75) is 6.92 Å². The van der Waals surface area contributed by atoms with E-state index in [1.54, 1.807) is 13.0 Å². The predicted molar refractivity (Wildman–Crippen MR) is 55.6 cm³/mol. The zero-order chi connectivity index (χ0) is 11.7. The molecule has 0 spiro atoms. The number of nitrogens with zero attached hydrogens (tertiary/aromatic N) is 2. The second-order valence-electron chi connectivity index (χ2n) is 3.00. The zero-order valence-electron chi connectivity index (χ0n) is 8.17. The lowest BCUT2D eigenvalue weighted by atomic mass is 10.3. The molecule has 0 aliphatic rings. The van der Waals surface area contributed by atoms with E-state index in [0.29, 0.717) is 5.76 Å². The van der Waals surface area contributed by atoms with Crippen LogP contribution in [0.25, 0.3) is 0 Å². The quantitative estimate of drug-likeness (QED) is 0.464. The fraction of sp³-hybridized carbons (Fsp3) is 0.111. The molecule has 7 heteroatoms. The van der Waals surface area contributed by atoms with Gasteiger partial charge in [0.2, 0.25) is 0 Å². The molecule has 82 valence electrons. The molecular formula is C9H6N2O4S. The van der Waals surface area contributed by atoms with Gasteiger partial charge in [-0.05, 0) is 30.4 Å². The minimum absolute atomic E-state index is 0.0565. The van der Waals surface area contributed by atoms with Crippen molar-refractivity contribution in [2.24, 2.45) is 0 Å². The summed E-state index contributed by atoms with van der Waals surface area (Å²) < 4.78 is 5.12. The van der Waals surface area contributed by atoms with Crippen LogP contribution in [0.3, 0.4) is 0 Å². The summed E-state index contributed by atoms with van der Waals surface area (Å²) in [4.78, 5) is 25.3. The van der Waals surface area contributed by atoms with Gasteiger partial charge in [-0.2, -0.15) is 0 Å². The number of hydrogen-bond donors (Lipinski definition) is 0. The Balaban J connectivity index is 2.30. The summed E-state index contributed by atoms with van der Waals surface area (Å²) in [6, 6.07) is 3.17. The molecule has 2 aromatic heterocycles. The summed E-state index contributed by atoms with van der Waals surface area (Å²) in [6.45, 7) is 1.71. The number of carbonyl (C=O) groups is 1. The number of furan rings is 1. The van der Waals surface area contributed by atoms with Crippen molar-refractivity contribution in [3.8, 4) is 0 Å². The standard InChI is InChI=1S/C9H6N2O4S/c1-5-2-3-6(15-5)8(12)9-10-4-7(16-9)11(13)14/h2-4H,1H3. The van der Waals surface area contributed by atoms with Crippen LogP contribution in [0, 0.1) is 17.0 Å². The summed E-state index contributed by atoms with van der Waals surface area (Å²) in [5, 5.41) is 10.3. The number of ketones is 1. The minimum atomic E-state index is -0.582. The Hall–Kier alpha value is -2.02. The molecule has 0 amide bonds. The number of aromatic nitrogens is 1. The van der Waals surface area contributed by atoms with Gasteiger partial charge >= 0.3 is 5.00 Å². The van der Waals surface area contributed by atoms with Crippen molar-refractivity contribution in [1.82, 2.24) is 4.98 Å². The van der Waals surface area contributed by atoms with Gasteiger partial charge in [-0.3, -0.25) is 14.9 Å². The molecule has 16 heavy (non-hydrogen) atoms. The van der Waals surface area contributed by atoms with Gasteiger partial charge in [-0.15, -0.1) is 0 Å². The fourth-order valence-corrected chi connectivity index (χ4v) is 1.79. The van der Waals surface area contributed by atoms with Crippen LogP contribution in [-0.4, -0.2) is 15.7 Å². The van der Waals surface area contributed by atoms with Crippen LogP contribution < -0.4 is 0 Å². The van der Waals surface area contributed by atoms with Gasteiger partial charge in [0.15, 0.2) is 10.8 Å². The van der Waals surface area contributed by atoms with Gasteiger partial charge < -0.3 is 4.42 Å². The molecule has 0 unspecified atom stereocenters. The van der Waals surface area contributed by atoms with Crippen LogP contribution in [0.15, 0.2) is 22.7 Å². The molecule has 0 aliphatic heterocycles. The Labute approximate surface area is 93.7 Å². The molecule has 0 bridgehead atoms. The molecule has 0 atom stereocenters. The third kappa shape index (κ3) is 1.84. The van der Waals surface area contributed by atoms with Crippen LogP contribution >= 0.6 is 11.3 Å². The van der Waals surface area contributed by atoms with Crippen molar-refractivity contribution in [3.63, 3.8) is 0 Å². The van der Waals surface area contributed by atoms with Crippen molar-refractivity contribution >= 4 is 22.1 Å². The highest BCUT2D eigenvalue weighted by atomic mass is 32.1. The van der Waals surface area contributed by atoms with Gasteiger partial charge in [0.25, 0.3) is 5.78 Å². The van der Waals surface area contributed by atoms with E-state index in [9.17, 15) is 14.9 Å². The number of hydrogen-bond acceptors (Lipinski definition) is 6. The molecular weight excluding hydrogens is 232 g/mol. The largest absolute Gasteiger partial charge is 0.458 e. The first-order valence-corrected chi connectivity index (χ1v) is 5.11. The number of rotatable bonds is 3. The van der Waals surface area contributed by atoms with E-state index in [-0.39, 0.29) is 15.8 Å². The van der Waals surface area contributed by atoms with Crippen LogP contribution in [-0.2, 0) is 0 Å². The second kappa shape index (κ2) is 3.86. The van der Waals surface area contributed by atoms with Crippen LogP contribution in [0.4, 0.5) is 5.00 Å². The maximum Gasteiger partial charge on any atom is 0.344 e. The Bertz CT molecular complexity index is 557. The van der Waals surface area contributed by atoms with E-state index < -0.39 is 10.7 Å². The Morgan fingerprint density at radius 1 is 1.56 bits per heavy atom. The second-order valence-corrected chi connectivity index (χ2v) is 4.01. The van der Waals surface area contributed by atoms with Gasteiger partial charge in [0, 0.05) is 0 Å². The summed E-state index contributed by atoms with van der Waals surface area (Å²) in [7, 11) is 0. The first-order chi connectivity index (χ1) is 7.58. The third-order valence-electron chi connectivity index (χ3n) is 1.83. The zero-order valence-corrected chi connectivity index (χ0v) is 8.98. The van der Waals surface area contributed by atoms with Crippen molar-refractivity contribution in [1.29, 1.82) is 0 Å². The molecule has 0 aliphatic carbocycles. The summed E-state index contributed by atoms with van der Waals surface area (Å²) >= 11 is 0.733. The molecule has 2 aromatic rings. The maximum atomic E-state index is 11.7. The van der Waals surface area contributed by atoms with E-state index in [2.05, 4.69) is 4.98 Å². The summed E-state index contributed by atoms with van der Waals surface area (Å²) in [6.07, 6.45) is 1.06. The fourth-order valence-electron chi connectivity index (χ4n) is 1.12. The first-order valence-electron chi connectivity index (χ1n) is 4.29. The molecule has 0 radical (unpaired) electrons. The molecule has 0 aromatic carbocycles. The highest BCUT2D eigenvalue weighted by Crippen LogP contribution is 2.23. The molecule has 0 fully saturated rings. The van der Waals surface area contributed by atoms with E-state index in [1.807, 2.05) is 0 Å². The molecule has 0 saturated heterocycles. The van der Waals surface area contributed by atoms with E-state index in [1.165, 1.54) is 6.07 Å². The number of nitro groups is 1. The van der Waals surface area contributed by atoms with Gasteiger partial charge in [0.1, 0.15) is 12.0 Å². The molecule has 0 saturated carbocycles. The van der Waals surface area contributed by atoms with Gasteiger partial charge in [-0.1, -0.05) is 0 Å². The van der Waals surface area contributed by atoms with Crippen molar-refractivity contribution < 1.29 is 14.1 Å². The van der Waals surface area contributed by atoms with E-state index >= 15 is 0 Å². The summed E-state index contributed by atoms with van der Waals surface area (Å²) in [5.41, 5.74) is 0. The van der Waals surface area contributed by atoms with Gasteiger partial charge in [0.05, 0.1) is 4.92 Å². The lowest BCUT2D eigenvalue weighted by Crippen LogP contribution is -1.97. The monoisotopic (exact) mass is 238 g/mol. The average molecular weight is 238 g/mol. The predicted octanol–water partition coefficient (Wildman–Crippen LogP) is 2.18. The molecule has 2 heterocycles. The minimum Gasteiger partial charge on any atom is -0.458 e. The Morgan fingerprint density at radius 2 is 2.31 bits per heavy atom. The molecule has 6 nitrogen and oxygen atoms in total. The van der Waals surface area contributed by atoms with Crippen LogP contribution in [0.5, 0.6) is 0 Å². The number of aryl methyl sites for hydroxylation is 1. The molecule has 0 N–H and O–H groups in total. The number of carbonyl (C=O) groups excluding carboxylic acids is 1. The lowest BCUT2D eigenvalue weighted by Gasteiger charge is -1.89. The van der Waals surface area contributed by atoms with Crippen molar-refractivity contribution in [3.05, 3.63) is 45.0 Å². The first kappa shape index (κ1) is 10.5. The van der Waals surface area contributed by atoms with Crippen LogP contribution in [0.2, 0.25) is 0 Å². The van der Waals surface area contributed by atoms with E-state index in [0.717, 1.165) is 17.5 Å². The van der Waals surface area contributed by atoms with Gasteiger partial charge in [-0.25, -0.2) is 4.98 Å². The average Bonchev–Trinajstić information content (AvgIpc) is 2.84. The highest BCUT2D eigenvalue weighted by molar-refractivity contribution is 7.16. The molecule has 2 rings (SSSR count). The lowest BCUT2D eigenvalue weighted by molar-refractivity contribution is -0.380. The normalized spacial score (nSPS) is 10.3. The Kier molecular flexibility index (Phi) is 2.53. The summed E-state index contributed by atoms with van der Waals surface area (Å²) in [5.74, 6) is 0.308. The van der Waals surface area contributed by atoms with E-state index in [4.69, 9.17) is 4.42 Å².